The summed E-state index contributed by atoms with van der Waals surface area (Å²) in [5.41, 5.74) is 5.74. The second-order valence-electron chi connectivity index (χ2n) is 4.12. The third-order valence-electron chi connectivity index (χ3n) is 2.86. The molecule has 0 aliphatic carbocycles. The Kier molecular flexibility index (Phi) is 3.71. The molecule has 1 aliphatic heterocycles. The number of piperidine rings is 1. The van der Waals surface area contributed by atoms with Gasteiger partial charge in [-0.15, -0.1) is 0 Å². The number of hydrogen-bond donors (Lipinski definition) is 1. The van der Waals surface area contributed by atoms with E-state index in [9.17, 15) is 10.1 Å². The minimum absolute atomic E-state index is 0.0607. The lowest BCUT2D eigenvalue weighted by Crippen LogP contribution is -2.40. The molecule has 2 rings (SSSR count). The van der Waals surface area contributed by atoms with E-state index in [0.717, 1.165) is 25.9 Å². The van der Waals surface area contributed by atoms with Crippen molar-refractivity contribution in [2.45, 2.75) is 19.3 Å². The molecule has 1 aliphatic rings. The standard InChI is InChI=1S/C11H15N5O2/c12-11(15-7-2-1-3-8-15)14-10-9(16(17)18)5-4-6-13-10/h4-6H,1-3,7-8H2,(H2,12,13,14). The van der Waals surface area contributed by atoms with E-state index in [4.69, 9.17) is 5.73 Å². The molecule has 0 radical (unpaired) electrons. The predicted octanol–water partition coefficient (Wildman–Crippen LogP) is 1.42. The molecule has 7 heteroatoms. The van der Waals surface area contributed by atoms with Gasteiger partial charge in [-0.3, -0.25) is 10.1 Å². The summed E-state index contributed by atoms with van der Waals surface area (Å²) in [6.45, 7) is 1.69. The summed E-state index contributed by atoms with van der Waals surface area (Å²) in [5.74, 6) is 0.363. The van der Waals surface area contributed by atoms with Crippen LogP contribution in [0.25, 0.3) is 0 Å². The normalized spacial score (nSPS) is 16.7. The summed E-state index contributed by atoms with van der Waals surface area (Å²) in [6, 6.07) is 2.88. The van der Waals surface area contributed by atoms with Crippen molar-refractivity contribution in [3.8, 4) is 0 Å². The van der Waals surface area contributed by atoms with E-state index < -0.39 is 4.92 Å². The molecule has 96 valence electrons. The van der Waals surface area contributed by atoms with Crippen molar-refractivity contribution in [1.82, 2.24) is 9.88 Å². The van der Waals surface area contributed by atoms with E-state index in [1.165, 1.54) is 24.8 Å². The Labute approximate surface area is 104 Å². The van der Waals surface area contributed by atoms with Crippen LogP contribution < -0.4 is 5.73 Å². The van der Waals surface area contributed by atoms with Gasteiger partial charge in [-0.1, -0.05) is 0 Å². The lowest BCUT2D eigenvalue weighted by Gasteiger charge is -2.27. The molecule has 1 aromatic rings. The van der Waals surface area contributed by atoms with Crippen molar-refractivity contribution < 1.29 is 4.92 Å². The molecule has 1 saturated heterocycles. The van der Waals surface area contributed by atoms with Gasteiger partial charge in [-0.2, -0.15) is 4.99 Å². The molecule has 7 nitrogen and oxygen atoms in total. The Bertz CT molecular complexity index is 468. The van der Waals surface area contributed by atoms with Crippen LogP contribution in [0.1, 0.15) is 19.3 Å². The van der Waals surface area contributed by atoms with Gasteiger partial charge in [0.15, 0.2) is 5.96 Å². The van der Waals surface area contributed by atoms with Gasteiger partial charge in [-0.25, -0.2) is 4.98 Å². The smallest absolute Gasteiger partial charge is 0.313 e. The number of guanidine groups is 1. The van der Waals surface area contributed by atoms with Gasteiger partial charge in [0.1, 0.15) is 0 Å². The summed E-state index contributed by atoms with van der Waals surface area (Å²) >= 11 is 0. The van der Waals surface area contributed by atoms with Crippen molar-refractivity contribution in [2.24, 2.45) is 10.7 Å². The lowest BCUT2D eigenvalue weighted by molar-refractivity contribution is -0.384. The zero-order valence-electron chi connectivity index (χ0n) is 9.95. The fourth-order valence-corrected chi connectivity index (χ4v) is 1.92. The Hall–Kier alpha value is -2.18. The number of nitrogens with two attached hydrogens (primary N) is 1. The van der Waals surface area contributed by atoms with Gasteiger partial charge in [0, 0.05) is 25.4 Å². The molecular formula is C11H15N5O2. The van der Waals surface area contributed by atoms with Crippen LogP contribution in [0.2, 0.25) is 0 Å². The Morgan fingerprint density at radius 2 is 2.17 bits per heavy atom. The van der Waals surface area contributed by atoms with E-state index >= 15 is 0 Å². The van der Waals surface area contributed by atoms with E-state index in [0.29, 0.717) is 5.96 Å². The molecule has 0 saturated carbocycles. The van der Waals surface area contributed by atoms with Crippen LogP contribution in [0.3, 0.4) is 0 Å². The molecule has 1 fully saturated rings. The lowest BCUT2D eigenvalue weighted by atomic mass is 10.1. The fraction of sp³-hybridized carbons (Fsp3) is 0.455. The molecule has 0 bridgehead atoms. The molecule has 0 aromatic carbocycles. The number of hydrogen-bond acceptors (Lipinski definition) is 4. The Morgan fingerprint density at radius 1 is 1.44 bits per heavy atom. The van der Waals surface area contributed by atoms with Gasteiger partial charge in [-0.05, 0) is 25.3 Å². The van der Waals surface area contributed by atoms with Crippen LogP contribution in [-0.2, 0) is 0 Å². The summed E-state index contributed by atoms with van der Waals surface area (Å²) in [4.78, 5) is 20.2. The third-order valence-corrected chi connectivity index (χ3v) is 2.86. The summed E-state index contributed by atoms with van der Waals surface area (Å²) in [6.07, 6.45) is 4.80. The Balaban J connectivity index is 2.23. The zero-order valence-corrected chi connectivity index (χ0v) is 9.95. The zero-order chi connectivity index (χ0) is 13.0. The number of nitro groups is 1. The molecule has 2 N–H and O–H groups in total. The molecule has 1 aromatic heterocycles. The fourth-order valence-electron chi connectivity index (χ4n) is 1.92. The van der Waals surface area contributed by atoms with Crippen molar-refractivity contribution in [3.63, 3.8) is 0 Å². The highest BCUT2D eigenvalue weighted by atomic mass is 16.6. The van der Waals surface area contributed by atoms with Crippen molar-refractivity contribution in [3.05, 3.63) is 28.4 Å². The number of rotatable bonds is 2. The molecule has 18 heavy (non-hydrogen) atoms. The molecule has 0 amide bonds. The first-order valence-corrected chi connectivity index (χ1v) is 5.87. The Morgan fingerprint density at radius 3 is 2.83 bits per heavy atom. The minimum atomic E-state index is -0.505. The monoisotopic (exact) mass is 249 g/mol. The summed E-state index contributed by atoms with van der Waals surface area (Å²) in [7, 11) is 0. The maximum atomic E-state index is 10.8. The average molecular weight is 249 g/mol. The number of aliphatic imine (C=N–C) groups is 1. The number of likely N-dealkylation sites (tertiary alicyclic amines) is 1. The first-order chi connectivity index (χ1) is 8.68. The minimum Gasteiger partial charge on any atom is -0.369 e. The topological polar surface area (TPSA) is 97.6 Å². The first-order valence-electron chi connectivity index (χ1n) is 5.87. The summed E-state index contributed by atoms with van der Waals surface area (Å²) in [5, 5.41) is 10.8. The third kappa shape index (κ3) is 2.73. The first kappa shape index (κ1) is 12.3. The highest BCUT2D eigenvalue weighted by Crippen LogP contribution is 2.23. The van der Waals surface area contributed by atoms with Crippen LogP contribution >= 0.6 is 0 Å². The van der Waals surface area contributed by atoms with Crippen molar-refractivity contribution in [1.29, 1.82) is 0 Å². The second-order valence-corrected chi connectivity index (χ2v) is 4.12. The van der Waals surface area contributed by atoms with Crippen LogP contribution in [-0.4, -0.2) is 33.9 Å². The van der Waals surface area contributed by atoms with Crippen molar-refractivity contribution >= 4 is 17.5 Å². The quantitative estimate of drug-likeness (QED) is 0.370. The van der Waals surface area contributed by atoms with Gasteiger partial charge in [0.05, 0.1) is 4.92 Å². The maximum absolute atomic E-state index is 10.8. The van der Waals surface area contributed by atoms with Crippen LogP contribution in [0.15, 0.2) is 23.3 Å². The second kappa shape index (κ2) is 5.44. The SMILES string of the molecule is N/C(=N\c1ncccc1[N+](=O)[O-])N1CCCCC1. The highest BCUT2D eigenvalue weighted by molar-refractivity contribution is 5.81. The highest BCUT2D eigenvalue weighted by Gasteiger charge is 2.17. The summed E-state index contributed by atoms with van der Waals surface area (Å²) < 4.78 is 0. The van der Waals surface area contributed by atoms with E-state index in [1.54, 1.807) is 0 Å². The average Bonchev–Trinajstić information content (AvgIpc) is 2.40. The molecular weight excluding hydrogens is 234 g/mol. The number of nitrogens with zero attached hydrogens (tertiary/aromatic N) is 4. The van der Waals surface area contributed by atoms with Crippen LogP contribution in [0, 0.1) is 10.1 Å². The van der Waals surface area contributed by atoms with E-state index in [-0.39, 0.29) is 11.5 Å². The predicted molar refractivity (Wildman–Crippen MR) is 67.6 cm³/mol. The molecule has 0 spiro atoms. The van der Waals surface area contributed by atoms with Gasteiger partial charge >= 0.3 is 5.69 Å². The molecule has 0 atom stereocenters. The molecule has 2 heterocycles. The van der Waals surface area contributed by atoms with E-state index in [1.807, 2.05) is 4.90 Å². The largest absolute Gasteiger partial charge is 0.369 e. The maximum Gasteiger partial charge on any atom is 0.313 e. The van der Waals surface area contributed by atoms with Gasteiger partial charge in [0.2, 0.25) is 5.82 Å². The van der Waals surface area contributed by atoms with Crippen LogP contribution in [0.4, 0.5) is 11.5 Å². The number of aromatic nitrogens is 1. The van der Waals surface area contributed by atoms with E-state index in [2.05, 4.69) is 9.98 Å². The van der Waals surface area contributed by atoms with Gasteiger partial charge in [0.25, 0.3) is 0 Å². The number of pyridine rings is 1. The van der Waals surface area contributed by atoms with Gasteiger partial charge < -0.3 is 10.6 Å². The molecule has 0 unspecified atom stereocenters. The van der Waals surface area contributed by atoms with Crippen molar-refractivity contribution in [2.75, 3.05) is 13.1 Å². The van der Waals surface area contributed by atoms with Crippen LogP contribution in [0.5, 0.6) is 0 Å².